The maximum Gasteiger partial charge on any atom is 0.318 e. The van der Waals surface area contributed by atoms with Gasteiger partial charge in [-0.1, -0.05) is 0 Å². The van der Waals surface area contributed by atoms with Crippen LogP contribution >= 0.6 is 0 Å². The Balaban J connectivity index is 1.57. The zero-order valence-corrected chi connectivity index (χ0v) is 13.4. The number of carbonyl (C=O) groups excluding carboxylic acids is 1. The Hall–Kier alpha value is -2.44. The van der Waals surface area contributed by atoms with Crippen molar-refractivity contribution in [2.24, 2.45) is 5.92 Å². The summed E-state index contributed by atoms with van der Waals surface area (Å²) in [5.41, 5.74) is 0.857. The number of rotatable bonds is 2. The average Bonchev–Trinajstić information content (AvgIpc) is 2.77. The number of aromatic hydroxyl groups is 1. The van der Waals surface area contributed by atoms with Gasteiger partial charge in [-0.3, -0.25) is 4.79 Å². The van der Waals surface area contributed by atoms with Crippen molar-refractivity contribution in [2.45, 2.75) is 38.3 Å². The summed E-state index contributed by atoms with van der Waals surface area (Å²) in [6.45, 7) is 1.26. The number of urea groups is 1. The topological polar surface area (TPSA) is 99.1 Å². The number of phenolic OH excluding ortho intramolecular Hbond substituents is 1. The first kappa shape index (κ1) is 16.4. The Bertz CT molecular complexity index is 625. The molecule has 0 saturated heterocycles. The number of carboxylic acid groups (broad SMARTS) is 1. The first-order chi connectivity index (χ1) is 11.5. The first-order valence-electron chi connectivity index (χ1n) is 8.26. The Kier molecular flexibility index (Phi) is 4.78. The monoisotopic (exact) mass is 334 g/mol. The normalized spacial score (nSPS) is 23.6. The second kappa shape index (κ2) is 6.98. The molecule has 0 bridgehead atoms. The molecule has 1 heterocycles. The van der Waals surface area contributed by atoms with E-state index in [0.29, 0.717) is 51.1 Å². The number of hydrogen-bond donors (Lipinski definition) is 3. The SMILES string of the molecule is O=C(O)C1CCC(NC(=O)N2CCOc3cc(O)ccc3C2)CC1. The van der Waals surface area contributed by atoms with Crippen molar-refractivity contribution in [2.75, 3.05) is 13.2 Å². The van der Waals surface area contributed by atoms with Gasteiger partial charge in [-0.2, -0.15) is 0 Å². The van der Waals surface area contributed by atoms with Crippen LogP contribution < -0.4 is 10.1 Å². The number of amides is 2. The number of aliphatic carboxylic acids is 1. The van der Waals surface area contributed by atoms with Gasteiger partial charge in [0.2, 0.25) is 0 Å². The molecule has 3 N–H and O–H groups in total. The number of carboxylic acids is 1. The van der Waals surface area contributed by atoms with Crippen LogP contribution in [-0.4, -0.2) is 46.3 Å². The van der Waals surface area contributed by atoms with Crippen LogP contribution in [0.2, 0.25) is 0 Å². The molecule has 7 heteroatoms. The molecule has 0 aromatic heterocycles. The predicted molar refractivity (Wildman–Crippen MR) is 85.9 cm³/mol. The van der Waals surface area contributed by atoms with E-state index in [2.05, 4.69) is 5.32 Å². The van der Waals surface area contributed by atoms with Crippen LogP contribution in [0.4, 0.5) is 4.79 Å². The average molecular weight is 334 g/mol. The van der Waals surface area contributed by atoms with E-state index in [9.17, 15) is 14.7 Å². The lowest BCUT2D eigenvalue weighted by Crippen LogP contribution is -2.46. The summed E-state index contributed by atoms with van der Waals surface area (Å²) in [4.78, 5) is 25.2. The van der Waals surface area contributed by atoms with Crippen LogP contribution in [0.25, 0.3) is 0 Å². The van der Waals surface area contributed by atoms with Gasteiger partial charge in [0.1, 0.15) is 18.1 Å². The summed E-state index contributed by atoms with van der Waals surface area (Å²) in [5, 5.41) is 21.6. The van der Waals surface area contributed by atoms with Gasteiger partial charge >= 0.3 is 12.0 Å². The lowest BCUT2D eigenvalue weighted by Gasteiger charge is -2.29. The van der Waals surface area contributed by atoms with Gasteiger partial charge in [0.05, 0.1) is 19.0 Å². The molecule has 0 spiro atoms. The molecule has 0 atom stereocenters. The highest BCUT2D eigenvalue weighted by Gasteiger charge is 2.28. The molecular formula is C17H22N2O5. The maximum atomic E-state index is 12.5. The van der Waals surface area contributed by atoms with Gasteiger partial charge in [-0.25, -0.2) is 4.79 Å². The Morgan fingerprint density at radius 3 is 2.67 bits per heavy atom. The molecular weight excluding hydrogens is 312 g/mol. The summed E-state index contributed by atoms with van der Waals surface area (Å²) in [6.07, 6.45) is 2.59. The number of fused-ring (bicyclic) bond motifs is 1. The van der Waals surface area contributed by atoms with Crippen LogP contribution in [0.1, 0.15) is 31.2 Å². The van der Waals surface area contributed by atoms with E-state index in [1.54, 1.807) is 23.1 Å². The van der Waals surface area contributed by atoms with Crippen molar-refractivity contribution in [3.63, 3.8) is 0 Å². The van der Waals surface area contributed by atoms with E-state index in [-0.39, 0.29) is 23.7 Å². The standard InChI is InChI=1S/C17H22N2O5/c20-14-6-3-12-10-19(7-8-24-15(12)9-14)17(23)18-13-4-1-11(2-5-13)16(21)22/h3,6,9,11,13,20H,1-2,4-5,7-8,10H2,(H,18,23)(H,21,22). The van der Waals surface area contributed by atoms with Gasteiger partial charge in [-0.05, 0) is 37.8 Å². The maximum absolute atomic E-state index is 12.5. The number of carbonyl (C=O) groups is 2. The highest BCUT2D eigenvalue weighted by molar-refractivity contribution is 5.75. The van der Waals surface area contributed by atoms with Crippen molar-refractivity contribution in [1.29, 1.82) is 0 Å². The lowest BCUT2D eigenvalue weighted by molar-refractivity contribution is -0.142. The molecule has 2 amide bonds. The highest BCUT2D eigenvalue weighted by Crippen LogP contribution is 2.28. The Labute approximate surface area is 140 Å². The third-order valence-corrected chi connectivity index (χ3v) is 4.72. The van der Waals surface area contributed by atoms with Crippen molar-refractivity contribution in [3.05, 3.63) is 23.8 Å². The van der Waals surface area contributed by atoms with Crippen LogP contribution in [-0.2, 0) is 11.3 Å². The second-order valence-electron chi connectivity index (χ2n) is 6.40. The molecule has 1 saturated carbocycles. The summed E-state index contributed by atoms with van der Waals surface area (Å²) >= 11 is 0. The van der Waals surface area contributed by atoms with Gasteiger partial charge < -0.3 is 25.2 Å². The molecule has 2 aliphatic rings. The molecule has 130 valence electrons. The summed E-state index contributed by atoms with van der Waals surface area (Å²) in [7, 11) is 0. The van der Waals surface area contributed by atoms with Crippen LogP contribution in [0.5, 0.6) is 11.5 Å². The van der Waals surface area contributed by atoms with Crippen LogP contribution in [0.3, 0.4) is 0 Å². The minimum Gasteiger partial charge on any atom is -0.508 e. The molecule has 1 aliphatic heterocycles. The zero-order valence-electron chi connectivity index (χ0n) is 13.4. The predicted octanol–water partition coefficient (Wildman–Crippen LogP) is 1.94. The summed E-state index contributed by atoms with van der Waals surface area (Å²) in [5.74, 6) is -0.289. The highest BCUT2D eigenvalue weighted by atomic mass is 16.5. The fraction of sp³-hybridized carbons (Fsp3) is 0.529. The molecule has 1 fully saturated rings. The lowest BCUT2D eigenvalue weighted by atomic mass is 9.86. The molecule has 1 aromatic rings. The second-order valence-corrected chi connectivity index (χ2v) is 6.40. The van der Waals surface area contributed by atoms with Gasteiger partial charge in [-0.15, -0.1) is 0 Å². The van der Waals surface area contributed by atoms with E-state index in [1.807, 2.05) is 0 Å². The number of benzene rings is 1. The molecule has 7 nitrogen and oxygen atoms in total. The Morgan fingerprint density at radius 1 is 1.21 bits per heavy atom. The molecule has 0 unspecified atom stereocenters. The van der Waals surface area contributed by atoms with Crippen LogP contribution in [0, 0.1) is 5.92 Å². The fourth-order valence-corrected chi connectivity index (χ4v) is 3.28. The number of nitrogens with zero attached hydrogens (tertiary/aromatic N) is 1. The third kappa shape index (κ3) is 3.72. The molecule has 24 heavy (non-hydrogen) atoms. The van der Waals surface area contributed by atoms with Crippen LogP contribution in [0.15, 0.2) is 18.2 Å². The zero-order chi connectivity index (χ0) is 17.1. The summed E-state index contributed by atoms with van der Waals surface area (Å²) < 4.78 is 5.59. The van der Waals surface area contributed by atoms with Gasteiger partial charge in [0.25, 0.3) is 0 Å². The fourth-order valence-electron chi connectivity index (χ4n) is 3.28. The van der Waals surface area contributed by atoms with Crippen molar-refractivity contribution in [3.8, 4) is 11.5 Å². The first-order valence-corrected chi connectivity index (χ1v) is 8.26. The largest absolute Gasteiger partial charge is 0.508 e. The number of phenols is 1. The number of ether oxygens (including phenoxy) is 1. The van der Waals surface area contributed by atoms with Crippen molar-refractivity contribution in [1.82, 2.24) is 10.2 Å². The molecule has 1 aliphatic carbocycles. The van der Waals surface area contributed by atoms with E-state index in [1.165, 1.54) is 0 Å². The molecule has 0 radical (unpaired) electrons. The van der Waals surface area contributed by atoms with Gasteiger partial charge in [0, 0.05) is 17.7 Å². The minimum absolute atomic E-state index is 0.0246. The van der Waals surface area contributed by atoms with Crippen molar-refractivity contribution < 1.29 is 24.5 Å². The smallest absolute Gasteiger partial charge is 0.318 e. The van der Waals surface area contributed by atoms with E-state index in [0.717, 1.165) is 5.56 Å². The van der Waals surface area contributed by atoms with Gasteiger partial charge in [0.15, 0.2) is 0 Å². The minimum atomic E-state index is -0.746. The summed E-state index contributed by atoms with van der Waals surface area (Å²) in [6, 6.07) is 4.77. The third-order valence-electron chi connectivity index (χ3n) is 4.72. The number of hydrogen-bond acceptors (Lipinski definition) is 4. The van der Waals surface area contributed by atoms with Crippen molar-refractivity contribution >= 4 is 12.0 Å². The molecule has 3 rings (SSSR count). The Morgan fingerprint density at radius 2 is 1.96 bits per heavy atom. The van der Waals surface area contributed by atoms with E-state index in [4.69, 9.17) is 9.84 Å². The van der Waals surface area contributed by atoms with E-state index >= 15 is 0 Å². The molecule has 1 aromatic carbocycles. The number of nitrogens with one attached hydrogen (secondary N) is 1. The van der Waals surface area contributed by atoms with E-state index < -0.39 is 5.97 Å². The quantitative estimate of drug-likeness (QED) is 0.767.